The molecule has 2 N–H and O–H groups in total. The first-order chi connectivity index (χ1) is 8.41. The third-order valence-electron chi connectivity index (χ3n) is 2.40. The van der Waals surface area contributed by atoms with Crippen LogP contribution in [0.2, 0.25) is 5.02 Å². The number of pyridine rings is 1. The number of anilines is 1. The van der Waals surface area contributed by atoms with E-state index in [2.05, 4.69) is 10.3 Å². The van der Waals surface area contributed by atoms with Crippen molar-refractivity contribution in [3.63, 3.8) is 0 Å². The Balaban J connectivity index is 2.64. The molecule has 18 heavy (non-hydrogen) atoms. The molecule has 6 nitrogen and oxygen atoms in total. The molecule has 0 aromatic carbocycles. The van der Waals surface area contributed by atoms with Crippen molar-refractivity contribution in [1.29, 1.82) is 0 Å². The van der Waals surface area contributed by atoms with Crippen LogP contribution in [-0.4, -0.2) is 40.6 Å². The van der Waals surface area contributed by atoms with Gasteiger partial charge in [0.2, 0.25) is 0 Å². The van der Waals surface area contributed by atoms with Crippen LogP contribution in [-0.2, 0) is 4.79 Å². The van der Waals surface area contributed by atoms with Gasteiger partial charge in [0.05, 0.1) is 23.3 Å². The molecule has 0 aliphatic heterocycles. The molecule has 0 saturated carbocycles. The number of hydrogen-bond donors (Lipinski definition) is 2. The van der Waals surface area contributed by atoms with Gasteiger partial charge in [-0.3, -0.25) is 9.78 Å². The summed E-state index contributed by atoms with van der Waals surface area (Å²) in [6.45, 7) is 1.89. The fourth-order valence-corrected chi connectivity index (χ4v) is 1.36. The lowest BCUT2D eigenvalue weighted by Crippen LogP contribution is -2.33. The number of carbonyl (C=O) groups excluding carboxylic acids is 1. The van der Waals surface area contributed by atoms with Crippen LogP contribution in [0.1, 0.15) is 12.0 Å². The zero-order chi connectivity index (χ0) is 13.7. The SMILES string of the molecule is Cc1c(Cl)cncc1NC(=O)N(C)CCC(=O)O. The molecule has 0 saturated heterocycles. The number of amides is 2. The van der Waals surface area contributed by atoms with Crippen LogP contribution in [0.25, 0.3) is 0 Å². The molecular weight excluding hydrogens is 258 g/mol. The molecule has 0 fully saturated rings. The zero-order valence-electron chi connectivity index (χ0n) is 10.1. The average molecular weight is 272 g/mol. The number of aliphatic carboxylic acids is 1. The van der Waals surface area contributed by atoms with E-state index in [-0.39, 0.29) is 13.0 Å². The number of nitrogens with one attached hydrogen (secondary N) is 1. The number of aromatic nitrogens is 1. The molecule has 1 heterocycles. The second-order valence-electron chi connectivity index (χ2n) is 3.79. The maximum absolute atomic E-state index is 11.7. The number of carboxylic acids is 1. The number of nitrogens with zero attached hydrogens (tertiary/aromatic N) is 2. The minimum Gasteiger partial charge on any atom is -0.481 e. The monoisotopic (exact) mass is 271 g/mol. The summed E-state index contributed by atoms with van der Waals surface area (Å²) in [7, 11) is 1.52. The minimum atomic E-state index is -0.949. The molecule has 2 amide bonds. The topological polar surface area (TPSA) is 82.5 Å². The second kappa shape index (κ2) is 6.20. The maximum Gasteiger partial charge on any atom is 0.321 e. The van der Waals surface area contributed by atoms with E-state index in [1.165, 1.54) is 24.3 Å². The smallest absolute Gasteiger partial charge is 0.321 e. The predicted octanol–water partition coefficient (Wildman–Crippen LogP) is 1.98. The number of halogens is 1. The van der Waals surface area contributed by atoms with Gasteiger partial charge >= 0.3 is 12.0 Å². The first-order valence-corrected chi connectivity index (χ1v) is 5.63. The summed E-state index contributed by atoms with van der Waals surface area (Å²) in [5.41, 5.74) is 1.22. The van der Waals surface area contributed by atoms with Crippen LogP contribution in [0.5, 0.6) is 0 Å². The molecule has 1 aromatic rings. The Bertz CT molecular complexity index is 465. The molecule has 0 atom stereocenters. The van der Waals surface area contributed by atoms with E-state index in [4.69, 9.17) is 16.7 Å². The van der Waals surface area contributed by atoms with Gasteiger partial charge in [0.25, 0.3) is 0 Å². The van der Waals surface area contributed by atoms with Gasteiger partial charge in [-0.2, -0.15) is 0 Å². The van der Waals surface area contributed by atoms with Crippen molar-refractivity contribution >= 4 is 29.3 Å². The minimum absolute atomic E-state index is 0.100. The average Bonchev–Trinajstić information content (AvgIpc) is 2.31. The summed E-state index contributed by atoms with van der Waals surface area (Å²) < 4.78 is 0. The van der Waals surface area contributed by atoms with Crippen molar-refractivity contribution in [3.8, 4) is 0 Å². The quantitative estimate of drug-likeness (QED) is 0.877. The molecule has 0 aliphatic carbocycles. The van der Waals surface area contributed by atoms with Gasteiger partial charge in [-0.15, -0.1) is 0 Å². The number of carbonyl (C=O) groups is 2. The highest BCUT2D eigenvalue weighted by molar-refractivity contribution is 6.31. The third kappa shape index (κ3) is 3.89. The lowest BCUT2D eigenvalue weighted by Gasteiger charge is -2.17. The van der Waals surface area contributed by atoms with Crippen molar-refractivity contribution < 1.29 is 14.7 Å². The molecule has 7 heteroatoms. The Kier molecular flexibility index (Phi) is 4.91. The normalized spacial score (nSPS) is 9.94. The highest BCUT2D eigenvalue weighted by Crippen LogP contribution is 2.21. The Labute approximate surface area is 110 Å². The van der Waals surface area contributed by atoms with Gasteiger partial charge in [0.15, 0.2) is 0 Å². The van der Waals surface area contributed by atoms with Crippen molar-refractivity contribution in [2.45, 2.75) is 13.3 Å². The lowest BCUT2D eigenvalue weighted by molar-refractivity contribution is -0.137. The number of carboxylic acid groups (broad SMARTS) is 1. The summed E-state index contributed by atoms with van der Waals surface area (Å²) in [6.07, 6.45) is 2.88. The van der Waals surface area contributed by atoms with Crippen molar-refractivity contribution in [2.75, 3.05) is 18.9 Å². The summed E-state index contributed by atoms with van der Waals surface area (Å²) >= 11 is 5.87. The first-order valence-electron chi connectivity index (χ1n) is 5.26. The van der Waals surface area contributed by atoms with Crippen molar-refractivity contribution in [3.05, 3.63) is 23.0 Å². The second-order valence-corrected chi connectivity index (χ2v) is 4.20. The number of rotatable bonds is 4. The van der Waals surface area contributed by atoms with E-state index < -0.39 is 12.0 Å². The van der Waals surface area contributed by atoms with E-state index in [0.717, 1.165) is 0 Å². The van der Waals surface area contributed by atoms with E-state index in [1.54, 1.807) is 6.92 Å². The molecule has 0 unspecified atom stereocenters. The molecule has 0 bridgehead atoms. The Morgan fingerprint density at radius 1 is 1.50 bits per heavy atom. The zero-order valence-corrected chi connectivity index (χ0v) is 10.9. The lowest BCUT2D eigenvalue weighted by atomic mass is 10.2. The Morgan fingerprint density at radius 3 is 2.78 bits per heavy atom. The van der Waals surface area contributed by atoms with Crippen LogP contribution in [0, 0.1) is 6.92 Å². The van der Waals surface area contributed by atoms with E-state index in [1.807, 2.05) is 0 Å². The summed E-state index contributed by atoms with van der Waals surface area (Å²) in [5, 5.41) is 11.6. The largest absolute Gasteiger partial charge is 0.481 e. The van der Waals surface area contributed by atoms with Gasteiger partial charge in [0.1, 0.15) is 0 Å². The number of urea groups is 1. The molecule has 0 aliphatic rings. The van der Waals surface area contributed by atoms with Gasteiger partial charge in [-0.05, 0) is 12.5 Å². The third-order valence-corrected chi connectivity index (χ3v) is 2.78. The van der Waals surface area contributed by atoms with E-state index in [0.29, 0.717) is 16.3 Å². The maximum atomic E-state index is 11.7. The van der Waals surface area contributed by atoms with Crippen molar-refractivity contribution in [2.24, 2.45) is 0 Å². The van der Waals surface area contributed by atoms with Gasteiger partial charge in [-0.1, -0.05) is 11.6 Å². The van der Waals surface area contributed by atoms with E-state index in [9.17, 15) is 9.59 Å². The standard InChI is InChI=1S/C11H14ClN3O3/c1-7-8(12)5-13-6-9(7)14-11(18)15(2)4-3-10(16)17/h5-6H,3-4H2,1-2H3,(H,14,18)(H,16,17). The number of hydrogen-bond acceptors (Lipinski definition) is 3. The fourth-order valence-electron chi connectivity index (χ4n) is 1.20. The van der Waals surface area contributed by atoms with Crippen LogP contribution in [0.4, 0.5) is 10.5 Å². The van der Waals surface area contributed by atoms with Crippen LogP contribution < -0.4 is 5.32 Å². The van der Waals surface area contributed by atoms with Crippen LogP contribution in [0.15, 0.2) is 12.4 Å². The van der Waals surface area contributed by atoms with E-state index >= 15 is 0 Å². The Hall–Kier alpha value is -1.82. The predicted molar refractivity (Wildman–Crippen MR) is 67.9 cm³/mol. The molecule has 1 rings (SSSR count). The molecule has 0 spiro atoms. The summed E-state index contributed by atoms with van der Waals surface area (Å²) in [4.78, 5) is 27.3. The summed E-state index contributed by atoms with van der Waals surface area (Å²) in [6, 6.07) is -0.400. The van der Waals surface area contributed by atoms with Gasteiger partial charge in [0, 0.05) is 19.8 Å². The van der Waals surface area contributed by atoms with Gasteiger partial charge in [-0.25, -0.2) is 4.79 Å². The van der Waals surface area contributed by atoms with Crippen LogP contribution >= 0.6 is 11.6 Å². The molecular formula is C11H14ClN3O3. The molecule has 1 aromatic heterocycles. The Morgan fingerprint density at radius 2 is 2.17 bits per heavy atom. The highest BCUT2D eigenvalue weighted by Gasteiger charge is 2.12. The van der Waals surface area contributed by atoms with Crippen LogP contribution in [0.3, 0.4) is 0 Å². The van der Waals surface area contributed by atoms with Crippen molar-refractivity contribution in [1.82, 2.24) is 9.88 Å². The highest BCUT2D eigenvalue weighted by atomic mass is 35.5. The first kappa shape index (κ1) is 14.2. The molecule has 98 valence electrons. The summed E-state index contributed by atoms with van der Waals surface area (Å²) in [5.74, 6) is -0.949. The fraction of sp³-hybridized carbons (Fsp3) is 0.364. The van der Waals surface area contributed by atoms with Gasteiger partial charge < -0.3 is 15.3 Å². The molecule has 0 radical (unpaired) electrons.